The van der Waals surface area contributed by atoms with Gasteiger partial charge >= 0.3 is 12.1 Å². The molecule has 8 nitrogen and oxygen atoms in total. The molecule has 0 saturated heterocycles. The van der Waals surface area contributed by atoms with Gasteiger partial charge in [-0.25, -0.2) is 4.79 Å². The van der Waals surface area contributed by atoms with Crippen LogP contribution in [0.5, 0.6) is 5.75 Å². The van der Waals surface area contributed by atoms with Crippen molar-refractivity contribution >= 4 is 40.5 Å². The number of ether oxygens (including phenoxy) is 1. The number of rotatable bonds is 6. The normalized spacial score (nSPS) is 10.8. The quantitative estimate of drug-likeness (QED) is 0.480. The Kier molecular flexibility index (Phi) is 8.63. The van der Waals surface area contributed by atoms with Crippen LogP contribution < -0.4 is 15.8 Å². The summed E-state index contributed by atoms with van der Waals surface area (Å²) < 4.78 is 39.1. The standard InChI is InChI=1S/C17H17ClN4O2S.C2HF3O2/c1-22-16(13(18)10-20-22)12-9-11(4-5-14(12)24-7-6-19)21-17(23)15-3-2-8-25-15;3-2(4,5)1(6)7/h2-5,8-10H,6-7,19H2,1H3,(H,21,23);(H,6,7). The van der Waals surface area contributed by atoms with Gasteiger partial charge in [0.05, 0.1) is 21.8 Å². The van der Waals surface area contributed by atoms with Crippen molar-refractivity contribution in [2.45, 2.75) is 6.18 Å². The first kappa shape index (κ1) is 25.2. The van der Waals surface area contributed by atoms with Crippen LogP contribution in [0.3, 0.4) is 0 Å². The van der Waals surface area contributed by atoms with Gasteiger partial charge in [0.15, 0.2) is 0 Å². The van der Waals surface area contributed by atoms with Crippen LogP contribution in [0.25, 0.3) is 11.3 Å². The Hall–Kier alpha value is -3.09. The third-order valence-corrected chi connectivity index (χ3v) is 4.89. The topological polar surface area (TPSA) is 119 Å². The Morgan fingerprint density at radius 1 is 1.34 bits per heavy atom. The molecule has 1 amide bonds. The monoisotopic (exact) mass is 490 g/mol. The smallest absolute Gasteiger partial charge is 0.490 e. The van der Waals surface area contributed by atoms with E-state index in [9.17, 15) is 18.0 Å². The highest BCUT2D eigenvalue weighted by atomic mass is 35.5. The van der Waals surface area contributed by atoms with Crippen LogP contribution in [0.15, 0.2) is 41.9 Å². The molecule has 1 aromatic carbocycles. The molecule has 3 rings (SSSR count). The van der Waals surface area contributed by atoms with E-state index in [1.54, 1.807) is 36.1 Å². The number of alkyl halides is 3. The van der Waals surface area contributed by atoms with Crippen molar-refractivity contribution in [1.82, 2.24) is 9.78 Å². The van der Waals surface area contributed by atoms with Gasteiger partial charge in [0, 0.05) is 24.8 Å². The minimum absolute atomic E-state index is 0.160. The average molecular weight is 491 g/mol. The van der Waals surface area contributed by atoms with E-state index in [0.717, 1.165) is 5.56 Å². The second kappa shape index (κ2) is 11.0. The second-order valence-electron chi connectivity index (χ2n) is 6.05. The van der Waals surface area contributed by atoms with Gasteiger partial charge in [-0.2, -0.15) is 18.3 Å². The maximum atomic E-state index is 12.3. The molecule has 0 saturated carbocycles. The van der Waals surface area contributed by atoms with Gasteiger partial charge in [-0.1, -0.05) is 17.7 Å². The van der Waals surface area contributed by atoms with E-state index in [2.05, 4.69) is 10.4 Å². The number of nitrogens with one attached hydrogen (secondary N) is 1. The summed E-state index contributed by atoms with van der Waals surface area (Å²) in [4.78, 5) is 21.8. The van der Waals surface area contributed by atoms with E-state index in [4.69, 9.17) is 32.0 Å². The predicted octanol–water partition coefficient (Wildman–Crippen LogP) is 4.03. The lowest BCUT2D eigenvalue weighted by atomic mass is 10.1. The van der Waals surface area contributed by atoms with Gasteiger partial charge in [-0.3, -0.25) is 9.48 Å². The largest absolute Gasteiger partial charge is 0.492 e. The molecule has 0 atom stereocenters. The summed E-state index contributed by atoms with van der Waals surface area (Å²) in [5.74, 6) is -2.29. The summed E-state index contributed by atoms with van der Waals surface area (Å²) >= 11 is 7.66. The van der Waals surface area contributed by atoms with E-state index < -0.39 is 12.1 Å². The number of carbonyl (C=O) groups is 2. The Balaban J connectivity index is 0.000000451. The minimum atomic E-state index is -5.08. The van der Waals surface area contributed by atoms with Crippen molar-refractivity contribution in [3.63, 3.8) is 0 Å². The first-order chi connectivity index (χ1) is 15.0. The molecule has 0 radical (unpaired) electrons. The van der Waals surface area contributed by atoms with E-state index in [1.165, 1.54) is 11.3 Å². The van der Waals surface area contributed by atoms with E-state index in [-0.39, 0.29) is 5.91 Å². The molecular formula is C19H18ClF3N4O4S. The number of carboxylic acid groups (broad SMARTS) is 1. The highest BCUT2D eigenvalue weighted by molar-refractivity contribution is 7.12. The van der Waals surface area contributed by atoms with Crippen LogP contribution in [0.1, 0.15) is 9.67 Å². The fourth-order valence-electron chi connectivity index (χ4n) is 2.40. The molecule has 2 aromatic heterocycles. The van der Waals surface area contributed by atoms with Crippen LogP contribution >= 0.6 is 22.9 Å². The number of carbonyl (C=O) groups excluding carboxylic acids is 1. The molecular weight excluding hydrogens is 473 g/mol. The highest BCUT2D eigenvalue weighted by Crippen LogP contribution is 2.36. The zero-order chi connectivity index (χ0) is 23.9. The third-order valence-electron chi connectivity index (χ3n) is 3.75. The fraction of sp³-hybridized carbons (Fsp3) is 0.211. The molecule has 0 unspecified atom stereocenters. The molecule has 0 aliphatic carbocycles. The molecule has 172 valence electrons. The lowest BCUT2D eigenvalue weighted by Crippen LogP contribution is -2.21. The molecule has 2 heterocycles. The van der Waals surface area contributed by atoms with Gasteiger partial charge in [0.1, 0.15) is 12.4 Å². The summed E-state index contributed by atoms with van der Waals surface area (Å²) in [6, 6.07) is 9.01. The summed E-state index contributed by atoms with van der Waals surface area (Å²) in [6.45, 7) is 0.777. The minimum Gasteiger partial charge on any atom is -0.492 e. The molecule has 0 aliphatic rings. The van der Waals surface area contributed by atoms with Crippen LogP contribution in [-0.2, 0) is 11.8 Å². The first-order valence-electron chi connectivity index (χ1n) is 8.84. The van der Waals surface area contributed by atoms with Crippen LogP contribution in [0, 0.1) is 0 Å². The number of hydrogen-bond donors (Lipinski definition) is 3. The number of hydrogen-bond acceptors (Lipinski definition) is 6. The number of amides is 1. The van der Waals surface area contributed by atoms with E-state index in [0.29, 0.717) is 40.2 Å². The predicted molar refractivity (Wildman–Crippen MR) is 114 cm³/mol. The van der Waals surface area contributed by atoms with Crippen molar-refractivity contribution in [1.29, 1.82) is 0 Å². The molecule has 0 spiro atoms. The number of halogens is 4. The van der Waals surface area contributed by atoms with Gasteiger partial charge in [0.2, 0.25) is 0 Å². The molecule has 0 aliphatic heterocycles. The Morgan fingerprint density at radius 3 is 2.53 bits per heavy atom. The van der Waals surface area contributed by atoms with Crippen molar-refractivity contribution in [3.8, 4) is 17.0 Å². The average Bonchev–Trinajstić information content (AvgIpc) is 3.37. The summed E-state index contributed by atoms with van der Waals surface area (Å²) in [7, 11) is 1.80. The molecule has 0 fully saturated rings. The highest BCUT2D eigenvalue weighted by Gasteiger charge is 2.38. The molecule has 0 bridgehead atoms. The number of carboxylic acids is 1. The number of nitrogens with zero attached hydrogens (tertiary/aromatic N) is 2. The van der Waals surface area contributed by atoms with Crippen LogP contribution in [-0.4, -0.2) is 46.1 Å². The zero-order valence-electron chi connectivity index (χ0n) is 16.5. The van der Waals surface area contributed by atoms with Crippen LogP contribution in [0.4, 0.5) is 18.9 Å². The fourth-order valence-corrected chi connectivity index (χ4v) is 3.29. The van der Waals surface area contributed by atoms with Gasteiger partial charge in [-0.15, -0.1) is 11.3 Å². The maximum Gasteiger partial charge on any atom is 0.490 e. The Labute approximate surface area is 189 Å². The zero-order valence-corrected chi connectivity index (χ0v) is 18.1. The number of aromatic nitrogens is 2. The van der Waals surface area contributed by atoms with E-state index in [1.807, 2.05) is 17.5 Å². The Morgan fingerprint density at radius 2 is 2.03 bits per heavy atom. The van der Waals surface area contributed by atoms with Crippen molar-refractivity contribution < 1.29 is 32.6 Å². The number of aryl methyl sites for hydroxylation is 1. The Bertz CT molecular complexity index is 1050. The van der Waals surface area contributed by atoms with Crippen molar-refractivity contribution in [3.05, 3.63) is 51.8 Å². The molecule has 3 aromatic rings. The maximum absolute atomic E-state index is 12.3. The lowest BCUT2D eigenvalue weighted by molar-refractivity contribution is -0.192. The summed E-state index contributed by atoms with van der Waals surface area (Å²) in [6.07, 6.45) is -3.51. The number of anilines is 1. The molecule has 32 heavy (non-hydrogen) atoms. The first-order valence-corrected chi connectivity index (χ1v) is 10.1. The van der Waals surface area contributed by atoms with Crippen molar-refractivity contribution in [2.75, 3.05) is 18.5 Å². The van der Waals surface area contributed by atoms with Crippen LogP contribution in [0.2, 0.25) is 5.02 Å². The molecule has 13 heteroatoms. The van der Waals surface area contributed by atoms with Gasteiger partial charge in [-0.05, 0) is 29.6 Å². The van der Waals surface area contributed by atoms with E-state index >= 15 is 0 Å². The van der Waals surface area contributed by atoms with Gasteiger partial charge < -0.3 is 20.9 Å². The lowest BCUT2D eigenvalue weighted by Gasteiger charge is -2.14. The third kappa shape index (κ3) is 6.70. The van der Waals surface area contributed by atoms with Gasteiger partial charge in [0.25, 0.3) is 5.91 Å². The molecule has 4 N–H and O–H groups in total. The number of thiophene rings is 1. The SMILES string of the molecule is Cn1ncc(Cl)c1-c1cc(NC(=O)c2cccs2)ccc1OCCN.O=C(O)C(F)(F)F. The summed E-state index contributed by atoms with van der Waals surface area (Å²) in [5, 5.41) is 16.5. The summed E-state index contributed by atoms with van der Waals surface area (Å²) in [5.41, 5.74) is 7.62. The number of aliphatic carboxylic acids is 1. The number of nitrogens with two attached hydrogens (primary N) is 1. The number of benzene rings is 1. The second-order valence-corrected chi connectivity index (χ2v) is 7.40. The van der Waals surface area contributed by atoms with Crippen molar-refractivity contribution in [2.24, 2.45) is 12.8 Å².